The fourth-order valence-electron chi connectivity index (χ4n) is 1.58. The number of hydrogen-bond donors (Lipinski definition) is 1. The standard InChI is InChI=1S/C12H14O2/c1-7(2)9-4-5-11-10(6-9)12(13)8(3)14-11/h4-7,13H,1-3H3. The summed E-state index contributed by atoms with van der Waals surface area (Å²) in [4.78, 5) is 0. The molecule has 0 unspecified atom stereocenters. The minimum Gasteiger partial charge on any atom is -0.504 e. The number of furan rings is 1. The molecule has 1 N–H and O–H groups in total. The smallest absolute Gasteiger partial charge is 0.164 e. The summed E-state index contributed by atoms with van der Waals surface area (Å²) in [5.41, 5.74) is 1.97. The molecule has 0 bridgehead atoms. The van der Waals surface area contributed by atoms with Gasteiger partial charge < -0.3 is 9.52 Å². The Kier molecular flexibility index (Phi) is 1.99. The summed E-state index contributed by atoms with van der Waals surface area (Å²) in [7, 11) is 0. The third-order valence-corrected chi connectivity index (χ3v) is 2.52. The molecule has 0 spiro atoms. The van der Waals surface area contributed by atoms with Gasteiger partial charge in [0.05, 0.1) is 5.39 Å². The van der Waals surface area contributed by atoms with Crippen LogP contribution in [0, 0.1) is 6.92 Å². The molecule has 2 nitrogen and oxygen atoms in total. The Morgan fingerprint density at radius 1 is 1.29 bits per heavy atom. The van der Waals surface area contributed by atoms with Crippen LogP contribution in [0.5, 0.6) is 5.75 Å². The molecule has 1 aromatic carbocycles. The minimum absolute atomic E-state index is 0.266. The first-order valence-corrected chi connectivity index (χ1v) is 4.81. The quantitative estimate of drug-likeness (QED) is 0.745. The van der Waals surface area contributed by atoms with Gasteiger partial charge in [-0.25, -0.2) is 0 Å². The normalized spacial score (nSPS) is 11.4. The fourth-order valence-corrected chi connectivity index (χ4v) is 1.58. The van der Waals surface area contributed by atoms with Gasteiger partial charge in [-0.2, -0.15) is 0 Å². The molecule has 0 aliphatic carbocycles. The largest absolute Gasteiger partial charge is 0.504 e. The molecule has 1 heterocycles. The average Bonchev–Trinajstić information content (AvgIpc) is 2.43. The molecule has 2 aromatic rings. The number of aryl methyl sites for hydroxylation is 1. The molecule has 0 fully saturated rings. The molecular formula is C12H14O2. The lowest BCUT2D eigenvalue weighted by Gasteiger charge is -2.03. The second-order valence-electron chi connectivity index (χ2n) is 3.92. The maximum atomic E-state index is 9.71. The van der Waals surface area contributed by atoms with E-state index in [2.05, 4.69) is 13.8 Å². The van der Waals surface area contributed by atoms with Gasteiger partial charge in [-0.1, -0.05) is 19.9 Å². The molecule has 2 heteroatoms. The Labute approximate surface area is 83.2 Å². The van der Waals surface area contributed by atoms with Gasteiger partial charge in [0.25, 0.3) is 0 Å². The SMILES string of the molecule is Cc1oc2ccc(C(C)C)cc2c1O. The van der Waals surface area contributed by atoms with E-state index >= 15 is 0 Å². The molecule has 2 rings (SSSR count). The maximum Gasteiger partial charge on any atom is 0.164 e. The van der Waals surface area contributed by atoms with Crippen molar-refractivity contribution in [1.82, 2.24) is 0 Å². The number of aromatic hydroxyl groups is 1. The second kappa shape index (κ2) is 3.05. The van der Waals surface area contributed by atoms with Crippen LogP contribution in [0.15, 0.2) is 22.6 Å². The predicted octanol–water partition coefficient (Wildman–Crippen LogP) is 3.57. The zero-order chi connectivity index (χ0) is 10.3. The van der Waals surface area contributed by atoms with Gasteiger partial charge in [0.1, 0.15) is 11.3 Å². The Hall–Kier alpha value is -1.44. The Morgan fingerprint density at radius 2 is 2.00 bits per heavy atom. The third-order valence-electron chi connectivity index (χ3n) is 2.52. The predicted molar refractivity (Wildman–Crippen MR) is 56.7 cm³/mol. The molecule has 1 aromatic heterocycles. The van der Waals surface area contributed by atoms with Crippen LogP contribution in [0.1, 0.15) is 31.1 Å². The van der Waals surface area contributed by atoms with Crippen molar-refractivity contribution in [2.24, 2.45) is 0 Å². The van der Waals surface area contributed by atoms with Crippen molar-refractivity contribution in [2.45, 2.75) is 26.7 Å². The number of rotatable bonds is 1. The lowest BCUT2D eigenvalue weighted by atomic mass is 10.0. The zero-order valence-electron chi connectivity index (χ0n) is 8.66. The fraction of sp³-hybridized carbons (Fsp3) is 0.333. The zero-order valence-corrected chi connectivity index (χ0v) is 8.66. The van der Waals surface area contributed by atoms with Gasteiger partial charge in [-0.3, -0.25) is 0 Å². The van der Waals surface area contributed by atoms with Gasteiger partial charge in [-0.05, 0) is 30.5 Å². The van der Waals surface area contributed by atoms with Crippen molar-refractivity contribution in [2.75, 3.05) is 0 Å². The molecule has 0 amide bonds. The van der Waals surface area contributed by atoms with E-state index < -0.39 is 0 Å². The summed E-state index contributed by atoms with van der Waals surface area (Å²) in [6, 6.07) is 5.94. The van der Waals surface area contributed by atoms with Gasteiger partial charge in [0.15, 0.2) is 5.75 Å². The van der Waals surface area contributed by atoms with Crippen LogP contribution in [-0.4, -0.2) is 5.11 Å². The van der Waals surface area contributed by atoms with Crippen LogP contribution < -0.4 is 0 Å². The first kappa shape index (κ1) is 9.13. The van der Waals surface area contributed by atoms with Crippen molar-refractivity contribution in [3.8, 4) is 5.75 Å². The molecule has 0 saturated heterocycles. The lowest BCUT2D eigenvalue weighted by Crippen LogP contribution is -1.85. The highest BCUT2D eigenvalue weighted by molar-refractivity contribution is 5.85. The average molecular weight is 190 g/mol. The van der Waals surface area contributed by atoms with Crippen molar-refractivity contribution >= 4 is 11.0 Å². The van der Waals surface area contributed by atoms with Crippen molar-refractivity contribution in [3.05, 3.63) is 29.5 Å². The topological polar surface area (TPSA) is 33.4 Å². The van der Waals surface area contributed by atoms with E-state index in [9.17, 15) is 5.11 Å². The lowest BCUT2D eigenvalue weighted by molar-refractivity contribution is 0.451. The van der Waals surface area contributed by atoms with E-state index in [0.29, 0.717) is 11.7 Å². The van der Waals surface area contributed by atoms with Crippen LogP contribution in [0.3, 0.4) is 0 Å². The summed E-state index contributed by atoms with van der Waals surface area (Å²) in [5.74, 6) is 1.32. The number of benzene rings is 1. The van der Waals surface area contributed by atoms with Crippen LogP contribution >= 0.6 is 0 Å². The van der Waals surface area contributed by atoms with Gasteiger partial charge in [-0.15, -0.1) is 0 Å². The van der Waals surface area contributed by atoms with E-state index in [4.69, 9.17) is 4.42 Å². The van der Waals surface area contributed by atoms with Crippen molar-refractivity contribution < 1.29 is 9.52 Å². The van der Waals surface area contributed by atoms with Crippen LogP contribution in [0.2, 0.25) is 0 Å². The van der Waals surface area contributed by atoms with Crippen LogP contribution in [0.25, 0.3) is 11.0 Å². The number of fused-ring (bicyclic) bond motifs is 1. The Bertz CT molecular complexity index is 466. The van der Waals surface area contributed by atoms with E-state index in [1.54, 1.807) is 6.92 Å². The highest BCUT2D eigenvalue weighted by atomic mass is 16.4. The molecular weight excluding hydrogens is 176 g/mol. The highest BCUT2D eigenvalue weighted by Crippen LogP contribution is 2.33. The molecule has 74 valence electrons. The van der Waals surface area contributed by atoms with Crippen molar-refractivity contribution in [3.63, 3.8) is 0 Å². The maximum absolute atomic E-state index is 9.71. The first-order chi connectivity index (χ1) is 6.59. The third kappa shape index (κ3) is 1.27. The molecule has 0 radical (unpaired) electrons. The van der Waals surface area contributed by atoms with Gasteiger partial charge >= 0.3 is 0 Å². The summed E-state index contributed by atoms with van der Waals surface area (Å²) in [5, 5.41) is 10.5. The molecule has 0 aliphatic rings. The summed E-state index contributed by atoms with van der Waals surface area (Å²) < 4.78 is 5.38. The van der Waals surface area contributed by atoms with E-state index in [1.165, 1.54) is 5.56 Å². The monoisotopic (exact) mass is 190 g/mol. The minimum atomic E-state index is 0.266. The van der Waals surface area contributed by atoms with Gasteiger partial charge in [0.2, 0.25) is 0 Å². The molecule has 0 atom stereocenters. The summed E-state index contributed by atoms with van der Waals surface area (Å²) in [6.45, 7) is 6.03. The van der Waals surface area contributed by atoms with Gasteiger partial charge in [0, 0.05) is 0 Å². The number of hydrogen-bond acceptors (Lipinski definition) is 2. The Morgan fingerprint density at radius 3 is 2.64 bits per heavy atom. The Balaban J connectivity index is 2.69. The highest BCUT2D eigenvalue weighted by Gasteiger charge is 2.10. The van der Waals surface area contributed by atoms with E-state index in [-0.39, 0.29) is 5.75 Å². The summed E-state index contributed by atoms with van der Waals surface area (Å²) >= 11 is 0. The molecule has 0 aliphatic heterocycles. The van der Waals surface area contributed by atoms with E-state index in [1.807, 2.05) is 18.2 Å². The summed E-state index contributed by atoms with van der Waals surface area (Å²) in [6.07, 6.45) is 0. The van der Waals surface area contributed by atoms with E-state index in [0.717, 1.165) is 11.0 Å². The molecule has 14 heavy (non-hydrogen) atoms. The van der Waals surface area contributed by atoms with Crippen molar-refractivity contribution in [1.29, 1.82) is 0 Å². The first-order valence-electron chi connectivity index (χ1n) is 4.81. The second-order valence-corrected chi connectivity index (χ2v) is 3.92. The molecule has 0 saturated carbocycles. The van der Waals surface area contributed by atoms with Crippen LogP contribution in [-0.2, 0) is 0 Å². The van der Waals surface area contributed by atoms with Crippen LogP contribution in [0.4, 0.5) is 0 Å².